The van der Waals surface area contributed by atoms with Crippen LogP contribution in [0.1, 0.15) is 24.3 Å². The molecule has 13 heteroatoms. The Kier molecular flexibility index (Phi) is 7.60. The summed E-state index contributed by atoms with van der Waals surface area (Å²) in [6.45, 7) is 0. The van der Waals surface area contributed by atoms with E-state index in [2.05, 4.69) is 22.6 Å². The van der Waals surface area contributed by atoms with Crippen LogP contribution in [0.15, 0.2) is 72.3 Å². The molecule has 6 unspecified atom stereocenters. The normalized spacial score (nSPS) is 29.8. The van der Waals surface area contributed by atoms with Gasteiger partial charge in [0.15, 0.2) is 9.75 Å². The Bertz CT molecular complexity index is 1910. The van der Waals surface area contributed by atoms with Gasteiger partial charge < -0.3 is 14.6 Å². The maximum absolute atomic E-state index is 14.6. The van der Waals surface area contributed by atoms with Crippen LogP contribution in [0.2, 0.25) is 0 Å². The molecule has 2 saturated heterocycles. The van der Waals surface area contributed by atoms with E-state index in [0.29, 0.717) is 11.3 Å². The first-order valence-corrected chi connectivity index (χ1v) is 16.5. The molecule has 4 aliphatic rings. The van der Waals surface area contributed by atoms with Gasteiger partial charge in [-0.3, -0.25) is 24.1 Å². The van der Waals surface area contributed by atoms with Crippen molar-refractivity contribution in [2.24, 2.45) is 17.8 Å². The third-order valence-corrected chi connectivity index (χ3v) is 12.0. The Hall–Kier alpha value is -3.68. The number of phenolic OH excluding ortho intramolecular Hbond substituents is 1. The third-order valence-electron chi connectivity index (χ3n) is 9.82. The quantitative estimate of drug-likeness (QED) is 0.148. The van der Waals surface area contributed by atoms with Gasteiger partial charge in [0.05, 0.1) is 37.4 Å². The van der Waals surface area contributed by atoms with E-state index in [0.717, 1.165) is 20.6 Å². The Labute approximate surface area is 292 Å². The summed E-state index contributed by atoms with van der Waals surface area (Å²) >= 11 is 16.9. The predicted octanol–water partition coefficient (Wildman–Crippen LogP) is 5.92. The van der Waals surface area contributed by atoms with Gasteiger partial charge in [-0.05, 0) is 89.9 Å². The highest BCUT2D eigenvalue weighted by molar-refractivity contribution is 14.1. The molecule has 7 rings (SSSR count). The molecule has 2 heterocycles. The Balaban J connectivity index is 1.44. The summed E-state index contributed by atoms with van der Waals surface area (Å²) in [5.41, 5.74) is 1.01. The largest absolute Gasteiger partial charge is 0.507 e. The number of aromatic hydroxyl groups is 1. The van der Waals surface area contributed by atoms with Crippen molar-refractivity contribution < 1.29 is 38.1 Å². The molecule has 3 fully saturated rings. The molecule has 0 aromatic heterocycles. The lowest BCUT2D eigenvalue weighted by Crippen LogP contribution is -2.60. The molecule has 47 heavy (non-hydrogen) atoms. The number of methoxy groups -OCH3 is 2. The van der Waals surface area contributed by atoms with Crippen molar-refractivity contribution in [3.8, 4) is 17.2 Å². The minimum Gasteiger partial charge on any atom is -0.507 e. The van der Waals surface area contributed by atoms with Gasteiger partial charge in [-0.15, -0.1) is 23.2 Å². The number of amides is 4. The van der Waals surface area contributed by atoms with Crippen LogP contribution in [0.25, 0.3) is 0 Å². The molecule has 0 radical (unpaired) electrons. The van der Waals surface area contributed by atoms with Gasteiger partial charge in [-0.2, -0.15) is 0 Å². The fraction of sp³-hybridized carbons (Fsp3) is 0.294. The number of carbonyl (C=O) groups is 4. The van der Waals surface area contributed by atoms with Crippen molar-refractivity contribution in [1.82, 2.24) is 0 Å². The zero-order valence-corrected chi connectivity index (χ0v) is 28.5. The summed E-state index contributed by atoms with van der Waals surface area (Å²) in [7, 11) is 2.77. The van der Waals surface area contributed by atoms with Crippen LogP contribution in [0.4, 0.5) is 15.8 Å². The number of benzene rings is 3. The molecular formula is C34H26Cl2FIN2O7. The SMILES string of the molecule is COc1cc(O)c(C2C3=CCC4C(=O)N(c5ccc(I)cc5)C(=O)C4C3CC3(Cl)C(=O)N(c4ccc(F)cc4)C(=O)C23Cl)c(OC)c1. The van der Waals surface area contributed by atoms with E-state index in [9.17, 15) is 28.7 Å². The van der Waals surface area contributed by atoms with Crippen molar-refractivity contribution in [3.63, 3.8) is 0 Å². The Morgan fingerprint density at radius 3 is 2.15 bits per heavy atom. The molecule has 242 valence electrons. The molecule has 1 N–H and O–H groups in total. The fourth-order valence-corrected chi connectivity index (χ4v) is 9.00. The average Bonchev–Trinajstić information content (AvgIpc) is 3.39. The van der Waals surface area contributed by atoms with E-state index >= 15 is 0 Å². The highest BCUT2D eigenvalue weighted by atomic mass is 127. The van der Waals surface area contributed by atoms with Crippen molar-refractivity contribution in [3.05, 3.63) is 87.3 Å². The summed E-state index contributed by atoms with van der Waals surface area (Å²) in [4.78, 5) is 54.6. The fourth-order valence-electron chi connectivity index (χ4n) is 7.72. The first kappa shape index (κ1) is 31.9. The topological polar surface area (TPSA) is 113 Å². The molecule has 2 aliphatic heterocycles. The number of ether oxygens (including phenoxy) is 2. The summed E-state index contributed by atoms with van der Waals surface area (Å²) in [6.07, 6.45) is 1.65. The lowest BCUT2D eigenvalue weighted by atomic mass is 9.56. The first-order chi connectivity index (χ1) is 22.4. The molecule has 0 spiro atoms. The molecule has 4 amide bonds. The number of imide groups is 2. The number of hydrogen-bond acceptors (Lipinski definition) is 7. The van der Waals surface area contributed by atoms with Crippen molar-refractivity contribution in [2.45, 2.75) is 28.5 Å². The average molecular weight is 791 g/mol. The Morgan fingerprint density at radius 1 is 0.872 bits per heavy atom. The van der Waals surface area contributed by atoms with Gasteiger partial charge >= 0.3 is 0 Å². The summed E-state index contributed by atoms with van der Waals surface area (Å²) in [5.74, 6) is -6.98. The molecule has 9 nitrogen and oxygen atoms in total. The predicted molar refractivity (Wildman–Crippen MR) is 179 cm³/mol. The van der Waals surface area contributed by atoms with E-state index in [4.69, 9.17) is 32.7 Å². The minimum absolute atomic E-state index is 0.0485. The van der Waals surface area contributed by atoms with Gasteiger partial charge in [0.1, 0.15) is 23.1 Å². The molecular weight excluding hydrogens is 765 g/mol. The van der Waals surface area contributed by atoms with E-state index < -0.39 is 57.0 Å². The van der Waals surface area contributed by atoms with Crippen molar-refractivity contribution in [1.29, 1.82) is 0 Å². The second-order valence-electron chi connectivity index (χ2n) is 12.0. The smallest absolute Gasteiger partial charge is 0.258 e. The maximum atomic E-state index is 14.6. The van der Waals surface area contributed by atoms with Crippen LogP contribution in [0.5, 0.6) is 17.2 Å². The molecule has 6 atom stereocenters. The van der Waals surface area contributed by atoms with Gasteiger partial charge in [-0.1, -0.05) is 11.6 Å². The van der Waals surface area contributed by atoms with Crippen LogP contribution in [-0.2, 0) is 19.2 Å². The highest BCUT2D eigenvalue weighted by Gasteiger charge is 2.77. The van der Waals surface area contributed by atoms with Gasteiger partial charge in [0.2, 0.25) is 11.8 Å². The van der Waals surface area contributed by atoms with Crippen LogP contribution in [0.3, 0.4) is 0 Å². The highest BCUT2D eigenvalue weighted by Crippen LogP contribution is 2.67. The number of hydrogen-bond donors (Lipinski definition) is 1. The van der Waals surface area contributed by atoms with Crippen LogP contribution in [0, 0.1) is 27.1 Å². The number of halogens is 4. The number of phenols is 1. The third kappa shape index (κ3) is 4.38. The number of allylic oxidation sites excluding steroid dienone is 2. The molecule has 0 bridgehead atoms. The molecule has 2 aliphatic carbocycles. The number of nitrogens with zero attached hydrogens (tertiary/aromatic N) is 2. The minimum atomic E-state index is -2.24. The van der Waals surface area contributed by atoms with Crippen molar-refractivity contribution in [2.75, 3.05) is 24.0 Å². The van der Waals surface area contributed by atoms with Gasteiger partial charge in [-0.25, -0.2) is 9.29 Å². The number of carbonyl (C=O) groups excluding carboxylic acids is 4. The number of anilines is 2. The second-order valence-corrected chi connectivity index (χ2v) is 14.5. The van der Waals surface area contributed by atoms with Crippen LogP contribution in [-0.4, -0.2) is 52.7 Å². The molecule has 3 aromatic carbocycles. The maximum Gasteiger partial charge on any atom is 0.258 e. The summed E-state index contributed by atoms with van der Waals surface area (Å²) < 4.78 is 25.8. The van der Waals surface area contributed by atoms with Crippen LogP contribution < -0.4 is 19.3 Å². The number of rotatable bonds is 5. The summed E-state index contributed by atoms with van der Waals surface area (Å²) in [5, 5.41) is 11.5. The van der Waals surface area contributed by atoms with E-state index in [-0.39, 0.29) is 47.2 Å². The van der Waals surface area contributed by atoms with Gasteiger partial charge in [0, 0.05) is 27.2 Å². The van der Waals surface area contributed by atoms with E-state index in [1.807, 2.05) is 0 Å². The molecule has 1 saturated carbocycles. The molecule has 3 aromatic rings. The summed E-state index contributed by atoms with van der Waals surface area (Å²) in [6, 6.07) is 14.5. The van der Waals surface area contributed by atoms with E-state index in [1.54, 1.807) is 30.3 Å². The van der Waals surface area contributed by atoms with Crippen molar-refractivity contribution >= 4 is 80.8 Å². The van der Waals surface area contributed by atoms with E-state index in [1.165, 1.54) is 43.4 Å². The Morgan fingerprint density at radius 2 is 1.51 bits per heavy atom. The lowest BCUT2D eigenvalue weighted by molar-refractivity contribution is -0.125. The first-order valence-electron chi connectivity index (χ1n) is 14.7. The number of alkyl halides is 2. The zero-order valence-electron chi connectivity index (χ0n) is 24.9. The standard InChI is InChI=1S/C34H26Cl2FIN2O7/c1-46-20-13-24(41)27(25(14-20)47-2)28-21-11-12-22-26(30(43)39(29(22)42)18-9-5-17(38)6-10-18)23(21)15-33(35)31(44)40(32(45)34(28,33)36)19-7-3-16(37)4-8-19/h3-11,13-14,22-23,26,28,41H,12,15H2,1-2H3. The number of fused-ring (bicyclic) bond motifs is 4. The van der Waals surface area contributed by atoms with Crippen LogP contribution >= 0.6 is 45.8 Å². The lowest BCUT2D eigenvalue weighted by Gasteiger charge is -2.50. The van der Waals surface area contributed by atoms with Gasteiger partial charge in [0.25, 0.3) is 11.8 Å². The monoisotopic (exact) mass is 790 g/mol. The second kappa shape index (κ2) is 11.2. The zero-order chi connectivity index (χ0) is 33.6.